The smallest absolute Gasteiger partial charge is 0.436 e. The molecule has 0 saturated carbocycles. The van der Waals surface area contributed by atoms with Crippen molar-refractivity contribution in [2.75, 3.05) is 26.2 Å². The van der Waals surface area contributed by atoms with Crippen LogP contribution in [-0.2, 0) is 11.0 Å². The third kappa shape index (κ3) is 4.72. The van der Waals surface area contributed by atoms with E-state index in [4.69, 9.17) is 17.3 Å². The van der Waals surface area contributed by atoms with E-state index in [0.29, 0.717) is 31.2 Å². The van der Waals surface area contributed by atoms with Crippen LogP contribution in [0.3, 0.4) is 0 Å². The van der Waals surface area contributed by atoms with Crippen LogP contribution < -0.4 is 5.73 Å². The SMILES string of the molecule is Cc1nc(C(=O)N2CC3CN(C(CC(N)=O)c4ccc(C)c(Cl)c4)CC3C2)c(C(F)(F)F)o1. The fourth-order valence-electron chi connectivity index (χ4n) is 4.83. The van der Waals surface area contributed by atoms with Gasteiger partial charge in [0.25, 0.3) is 5.91 Å². The summed E-state index contributed by atoms with van der Waals surface area (Å²) >= 11 is 6.28. The molecule has 2 aromatic rings. The Bertz CT molecular complexity index is 1070. The highest BCUT2D eigenvalue weighted by atomic mass is 35.5. The second-order valence-electron chi connectivity index (χ2n) is 8.79. The van der Waals surface area contributed by atoms with Gasteiger partial charge in [0.15, 0.2) is 11.6 Å². The Morgan fingerprint density at radius 2 is 1.85 bits per heavy atom. The number of nitrogens with zero attached hydrogens (tertiary/aromatic N) is 3. The number of likely N-dealkylation sites (tertiary alicyclic amines) is 2. The first-order valence-electron chi connectivity index (χ1n) is 10.6. The van der Waals surface area contributed by atoms with E-state index >= 15 is 0 Å². The molecule has 3 atom stereocenters. The molecule has 1 aromatic carbocycles. The van der Waals surface area contributed by atoms with Gasteiger partial charge in [-0.2, -0.15) is 13.2 Å². The van der Waals surface area contributed by atoms with Gasteiger partial charge in [-0.1, -0.05) is 23.7 Å². The summed E-state index contributed by atoms with van der Waals surface area (Å²) < 4.78 is 44.4. The third-order valence-corrected chi connectivity index (χ3v) is 6.82. The lowest BCUT2D eigenvalue weighted by molar-refractivity contribution is -0.153. The van der Waals surface area contributed by atoms with E-state index in [1.54, 1.807) is 0 Å². The Hall–Kier alpha value is -2.59. The molecule has 0 radical (unpaired) electrons. The van der Waals surface area contributed by atoms with Crippen molar-refractivity contribution in [2.45, 2.75) is 32.5 Å². The number of nitrogens with two attached hydrogens (primary N) is 1. The molecule has 1 aromatic heterocycles. The fraction of sp³-hybridized carbons (Fsp3) is 0.500. The molecule has 0 spiro atoms. The number of hydrogen-bond acceptors (Lipinski definition) is 5. The summed E-state index contributed by atoms with van der Waals surface area (Å²) in [4.78, 5) is 31.8. The summed E-state index contributed by atoms with van der Waals surface area (Å²) in [6, 6.07) is 5.39. The number of primary amides is 1. The number of halogens is 4. The number of aromatic nitrogens is 1. The first-order valence-corrected chi connectivity index (χ1v) is 10.9. The molecule has 2 aliphatic heterocycles. The number of amides is 2. The van der Waals surface area contributed by atoms with E-state index in [0.717, 1.165) is 11.1 Å². The quantitative estimate of drug-likeness (QED) is 0.700. The Balaban J connectivity index is 1.49. The highest BCUT2D eigenvalue weighted by Gasteiger charge is 2.47. The molecule has 2 aliphatic rings. The summed E-state index contributed by atoms with van der Waals surface area (Å²) in [6.45, 7) is 4.95. The second kappa shape index (κ2) is 8.64. The maximum Gasteiger partial charge on any atom is 0.452 e. The summed E-state index contributed by atoms with van der Waals surface area (Å²) in [7, 11) is 0. The fourth-order valence-corrected chi connectivity index (χ4v) is 5.02. The molecule has 3 unspecified atom stereocenters. The van der Waals surface area contributed by atoms with Crippen LogP contribution in [0.25, 0.3) is 0 Å². The van der Waals surface area contributed by atoms with Crippen molar-refractivity contribution in [2.24, 2.45) is 17.6 Å². The van der Waals surface area contributed by atoms with Gasteiger partial charge in [0.1, 0.15) is 0 Å². The summed E-state index contributed by atoms with van der Waals surface area (Å²) in [5.41, 5.74) is 6.61. The van der Waals surface area contributed by atoms with Gasteiger partial charge in [0.05, 0.1) is 0 Å². The normalized spacial score (nSPS) is 21.9. The van der Waals surface area contributed by atoms with Gasteiger partial charge in [-0.15, -0.1) is 0 Å². The zero-order valence-corrected chi connectivity index (χ0v) is 18.9. The lowest BCUT2D eigenvalue weighted by Crippen LogP contribution is -2.36. The molecule has 2 fully saturated rings. The lowest BCUT2D eigenvalue weighted by atomic mass is 10.0. The first-order chi connectivity index (χ1) is 15.4. The second-order valence-corrected chi connectivity index (χ2v) is 9.19. The zero-order chi connectivity index (χ0) is 24.1. The predicted molar refractivity (Wildman–Crippen MR) is 113 cm³/mol. The van der Waals surface area contributed by atoms with Gasteiger partial charge in [-0.25, -0.2) is 4.98 Å². The number of carbonyl (C=O) groups excluding carboxylic acids is 2. The van der Waals surface area contributed by atoms with E-state index in [-0.39, 0.29) is 30.2 Å². The average molecular weight is 485 g/mol. The molecule has 33 heavy (non-hydrogen) atoms. The van der Waals surface area contributed by atoms with Gasteiger partial charge >= 0.3 is 6.18 Å². The summed E-state index contributed by atoms with van der Waals surface area (Å²) in [6.07, 6.45) is -4.68. The first kappa shape index (κ1) is 23.6. The monoisotopic (exact) mass is 484 g/mol. The largest absolute Gasteiger partial charge is 0.452 e. The van der Waals surface area contributed by atoms with Crippen LogP contribution in [-0.4, -0.2) is 52.8 Å². The van der Waals surface area contributed by atoms with Gasteiger partial charge < -0.3 is 15.1 Å². The highest BCUT2D eigenvalue weighted by molar-refractivity contribution is 6.31. The number of fused-ring (bicyclic) bond motifs is 1. The molecule has 11 heteroatoms. The molecular formula is C22H24ClF3N4O3. The minimum absolute atomic E-state index is 0.0626. The summed E-state index contributed by atoms with van der Waals surface area (Å²) in [5.74, 6) is -2.66. The molecule has 0 aliphatic carbocycles. The minimum atomic E-state index is -4.80. The number of carbonyl (C=O) groups is 2. The minimum Gasteiger partial charge on any atom is -0.436 e. The number of hydrogen-bond donors (Lipinski definition) is 1. The molecular weight excluding hydrogens is 461 g/mol. The molecule has 178 valence electrons. The Morgan fingerprint density at radius 3 is 2.39 bits per heavy atom. The number of benzene rings is 1. The van der Waals surface area contributed by atoms with Crippen molar-refractivity contribution in [3.8, 4) is 0 Å². The molecule has 7 nitrogen and oxygen atoms in total. The maximum absolute atomic E-state index is 13.2. The van der Waals surface area contributed by atoms with E-state index in [1.165, 1.54) is 11.8 Å². The van der Waals surface area contributed by atoms with E-state index in [9.17, 15) is 22.8 Å². The lowest BCUT2D eigenvalue weighted by Gasteiger charge is -2.29. The van der Waals surface area contributed by atoms with Crippen LogP contribution >= 0.6 is 11.6 Å². The number of aryl methyl sites for hydroxylation is 2. The predicted octanol–water partition coefficient (Wildman–Crippen LogP) is 3.58. The van der Waals surface area contributed by atoms with Crippen molar-refractivity contribution in [3.63, 3.8) is 0 Å². The highest BCUT2D eigenvalue weighted by Crippen LogP contribution is 2.39. The van der Waals surface area contributed by atoms with E-state index in [2.05, 4.69) is 14.3 Å². The standard InChI is InChI=1S/C22H24ClF3N4O3/c1-11-3-4-13(5-16(11)23)17(6-18(27)31)29-7-14-9-30(10-15(14)8-29)21(32)19-20(22(24,25)26)33-12(2)28-19/h3-5,14-15,17H,6-10H2,1-2H3,(H2,27,31). The zero-order valence-electron chi connectivity index (χ0n) is 18.2. The number of alkyl halides is 3. The van der Waals surface area contributed by atoms with Gasteiger partial charge in [-0.05, 0) is 36.0 Å². The molecule has 2 N–H and O–H groups in total. The molecule has 2 saturated heterocycles. The number of oxazole rings is 1. The van der Waals surface area contributed by atoms with Gasteiger partial charge in [-0.3, -0.25) is 14.5 Å². The van der Waals surface area contributed by atoms with Crippen molar-refractivity contribution in [1.82, 2.24) is 14.8 Å². The van der Waals surface area contributed by atoms with Crippen LogP contribution in [0.15, 0.2) is 22.6 Å². The van der Waals surface area contributed by atoms with Gasteiger partial charge in [0, 0.05) is 50.6 Å². The topological polar surface area (TPSA) is 92.7 Å². The Labute approximate surface area is 193 Å². The van der Waals surface area contributed by atoms with Crippen molar-refractivity contribution < 1.29 is 27.2 Å². The Morgan fingerprint density at radius 1 is 1.21 bits per heavy atom. The average Bonchev–Trinajstić information content (AvgIpc) is 3.40. The van der Waals surface area contributed by atoms with E-state index in [1.807, 2.05) is 25.1 Å². The maximum atomic E-state index is 13.2. The van der Waals surface area contributed by atoms with Crippen molar-refractivity contribution in [1.29, 1.82) is 0 Å². The van der Waals surface area contributed by atoms with Crippen molar-refractivity contribution in [3.05, 3.63) is 51.7 Å². The van der Waals surface area contributed by atoms with Crippen LogP contribution in [0.5, 0.6) is 0 Å². The Kier molecular flexibility index (Phi) is 6.17. The van der Waals surface area contributed by atoms with Gasteiger partial charge in [0.2, 0.25) is 11.7 Å². The number of rotatable bonds is 5. The van der Waals surface area contributed by atoms with E-state index < -0.39 is 29.4 Å². The molecule has 4 rings (SSSR count). The van der Waals surface area contributed by atoms with Crippen LogP contribution in [0.1, 0.15) is 45.7 Å². The van der Waals surface area contributed by atoms with Crippen LogP contribution in [0.4, 0.5) is 13.2 Å². The summed E-state index contributed by atoms with van der Waals surface area (Å²) in [5, 5.41) is 0.599. The van der Waals surface area contributed by atoms with Crippen molar-refractivity contribution >= 4 is 23.4 Å². The molecule has 2 amide bonds. The van der Waals surface area contributed by atoms with Crippen LogP contribution in [0, 0.1) is 25.7 Å². The third-order valence-electron chi connectivity index (χ3n) is 6.41. The van der Waals surface area contributed by atoms with Crippen LogP contribution in [0.2, 0.25) is 5.02 Å². The molecule has 3 heterocycles. The molecule has 0 bridgehead atoms.